The summed E-state index contributed by atoms with van der Waals surface area (Å²) >= 11 is 5.83. The summed E-state index contributed by atoms with van der Waals surface area (Å²) in [7, 11) is 0. The van der Waals surface area contributed by atoms with E-state index < -0.39 is 0 Å². The summed E-state index contributed by atoms with van der Waals surface area (Å²) in [5.74, 6) is -0.276. The van der Waals surface area contributed by atoms with E-state index in [1.54, 1.807) is 12.1 Å². The van der Waals surface area contributed by atoms with Crippen LogP contribution in [0.1, 0.15) is 25.7 Å². The Labute approximate surface area is 100.0 Å². The maximum absolute atomic E-state index is 13.5. The molecule has 0 spiro atoms. The quantitative estimate of drug-likeness (QED) is 0.836. The lowest BCUT2D eigenvalue weighted by molar-refractivity contribution is 0.403. The molecule has 0 aliphatic heterocycles. The van der Waals surface area contributed by atoms with E-state index in [2.05, 4.69) is 5.32 Å². The van der Waals surface area contributed by atoms with Crippen molar-refractivity contribution < 1.29 is 4.39 Å². The van der Waals surface area contributed by atoms with Crippen molar-refractivity contribution in [3.63, 3.8) is 0 Å². The van der Waals surface area contributed by atoms with Crippen molar-refractivity contribution in [3.8, 4) is 0 Å². The van der Waals surface area contributed by atoms with Crippen molar-refractivity contribution in [2.45, 2.75) is 37.8 Å². The second-order valence-electron chi connectivity index (χ2n) is 4.32. The number of hydrogen-bond donors (Lipinski definition) is 2. The van der Waals surface area contributed by atoms with Crippen LogP contribution < -0.4 is 11.1 Å². The van der Waals surface area contributed by atoms with Crippen LogP contribution in [0.2, 0.25) is 5.02 Å². The molecule has 88 valence electrons. The van der Waals surface area contributed by atoms with Gasteiger partial charge < -0.3 is 11.1 Å². The van der Waals surface area contributed by atoms with Crippen molar-refractivity contribution in [2.24, 2.45) is 5.73 Å². The van der Waals surface area contributed by atoms with Crippen LogP contribution in [0.15, 0.2) is 18.2 Å². The van der Waals surface area contributed by atoms with Crippen LogP contribution in [0.5, 0.6) is 0 Å². The minimum atomic E-state index is -0.276. The molecule has 1 saturated carbocycles. The van der Waals surface area contributed by atoms with E-state index in [-0.39, 0.29) is 17.9 Å². The summed E-state index contributed by atoms with van der Waals surface area (Å²) in [5.41, 5.74) is 6.45. The molecule has 0 bridgehead atoms. The maximum atomic E-state index is 13.5. The molecular weight excluding hydrogens is 227 g/mol. The van der Waals surface area contributed by atoms with E-state index >= 15 is 0 Å². The van der Waals surface area contributed by atoms with Gasteiger partial charge in [0.25, 0.3) is 0 Å². The van der Waals surface area contributed by atoms with Gasteiger partial charge in [0, 0.05) is 17.1 Å². The lowest BCUT2D eigenvalue weighted by Crippen LogP contribution is -2.42. The fraction of sp³-hybridized carbons (Fsp3) is 0.500. The smallest absolute Gasteiger partial charge is 0.146 e. The monoisotopic (exact) mass is 242 g/mol. The molecule has 16 heavy (non-hydrogen) atoms. The van der Waals surface area contributed by atoms with Crippen molar-refractivity contribution in [1.82, 2.24) is 0 Å². The van der Waals surface area contributed by atoms with E-state index in [9.17, 15) is 4.39 Å². The van der Waals surface area contributed by atoms with Crippen molar-refractivity contribution in [2.75, 3.05) is 5.32 Å². The Morgan fingerprint density at radius 2 is 2.06 bits per heavy atom. The number of nitrogens with two attached hydrogens (primary N) is 1. The van der Waals surface area contributed by atoms with Gasteiger partial charge in [-0.1, -0.05) is 24.4 Å². The zero-order valence-corrected chi connectivity index (χ0v) is 9.80. The highest BCUT2D eigenvalue weighted by atomic mass is 35.5. The van der Waals surface area contributed by atoms with Gasteiger partial charge >= 0.3 is 0 Å². The SMILES string of the molecule is N[C@H]1CCCC[C@@H]1Nc1cc(Cl)ccc1F. The highest BCUT2D eigenvalue weighted by Gasteiger charge is 2.22. The molecule has 4 heteroatoms. The Kier molecular flexibility index (Phi) is 3.66. The zero-order valence-electron chi connectivity index (χ0n) is 9.05. The van der Waals surface area contributed by atoms with Crippen LogP contribution in [-0.2, 0) is 0 Å². The summed E-state index contributed by atoms with van der Waals surface area (Å²) in [6.07, 6.45) is 4.30. The number of hydrogen-bond acceptors (Lipinski definition) is 2. The topological polar surface area (TPSA) is 38.0 Å². The highest BCUT2D eigenvalue weighted by molar-refractivity contribution is 6.30. The summed E-state index contributed by atoms with van der Waals surface area (Å²) in [6.45, 7) is 0. The molecular formula is C12H16ClFN2. The summed E-state index contributed by atoms with van der Waals surface area (Å²) in [4.78, 5) is 0. The predicted molar refractivity (Wildman–Crippen MR) is 65.3 cm³/mol. The second kappa shape index (κ2) is 5.02. The first-order valence-electron chi connectivity index (χ1n) is 5.64. The molecule has 1 aromatic carbocycles. The molecule has 2 atom stereocenters. The van der Waals surface area contributed by atoms with Crippen molar-refractivity contribution >= 4 is 17.3 Å². The molecule has 2 rings (SSSR count). The van der Waals surface area contributed by atoms with Gasteiger partial charge in [-0.2, -0.15) is 0 Å². The van der Waals surface area contributed by atoms with E-state index in [1.807, 2.05) is 0 Å². The molecule has 1 aliphatic carbocycles. The van der Waals surface area contributed by atoms with Crippen molar-refractivity contribution in [1.29, 1.82) is 0 Å². The highest BCUT2D eigenvalue weighted by Crippen LogP contribution is 2.24. The first-order chi connectivity index (χ1) is 7.66. The molecule has 0 saturated heterocycles. The van der Waals surface area contributed by atoms with Gasteiger partial charge in [-0.05, 0) is 31.0 Å². The summed E-state index contributed by atoms with van der Waals surface area (Å²) in [6, 6.07) is 4.79. The normalized spacial score (nSPS) is 25.4. The van der Waals surface area contributed by atoms with E-state index in [0.29, 0.717) is 10.7 Å². The summed E-state index contributed by atoms with van der Waals surface area (Å²) < 4.78 is 13.5. The van der Waals surface area contributed by atoms with Crippen molar-refractivity contribution in [3.05, 3.63) is 29.0 Å². The van der Waals surface area contributed by atoms with Gasteiger partial charge in [0.2, 0.25) is 0 Å². The number of halogens is 2. The molecule has 2 nitrogen and oxygen atoms in total. The second-order valence-corrected chi connectivity index (χ2v) is 4.76. The van der Waals surface area contributed by atoms with Crippen LogP contribution in [-0.4, -0.2) is 12.1 Å². The Hall–Kier alpha value is -0.800. The minimum absolute atomic E-state index is 0.104. The largest absolute Gasteiger partial charge is 0.378 e. The molecule has 1 aliphatic rings. The molecule has 0 aromatic heterocycles. The molecule has 0 unspecified atom stereocenters. The number of anilines is 1. The lowest BCUT2D eigenvalue weighted by atomic mass is 9.91. The van der Waals surface area contributed by atoms with Gasteiger partial charge in [0.1, 0.15) is 5.82 Å². The van der Waals surface area contributed by atoms with E-state index in [0.717, 1.165) is 25.7 Å². The van der Waals surface area contributed by atoms with Crippen LogP contribution in [0.3, 0.4) is 0 Å². The molecule has 0 radical (unpaired) electrons. The predicted octanol–water partition coefficient (Wildman–Crippen LogP) is 3.16. The van der Waals surface area contributed by atoms with Gasteiger partial charge in [-0.15, -0.1) is 0 Å². The third-order valence-electron chi connectivity index (χ3n) is 3.09. The van der Waals surface area contributed by atoms with Gasteiger partial charge in [-0.25, -0.2) is 4.39 Å². The van der Waals surface area contributed by atoms with E-state index in [4.69, 9.17) is 17.3 Å². The number of rotatable bonds is 2. The van der Waals surface area contributed by atoms with Gasteiger partial charge in [0.15, 0.2) is 0 Å². The average Bonchev–Trinajstić information content (AvgIpc) is 2.27. The molecule has 0 heterocycles. The van der Waals surface area contributed by atoms with Crippen LogP contribution in [0, 0.1) is 5.82 Å². The Bertz CT molecular complexity index is 370. The third-order valence-corrected chi connectivity index (χ3v) is 3.32. The molecule has 3 N–H and O–H groups in total. The number of benzene rings is 1. The maximum Gasteiger partial charge on any atom is 0.146 e. The lowest BCUT2D eigenvalue weighted by Gasteiger charge is -2.30. The van der Waals surface area contributed by atoms with Crippen LogP contribution in [0.4, 0.5) is 10.1 Å². The fourth-order valence-corrected chi connectivity index (χ4v) is 2.32. The van der Waals surface area contributed by atoms with Gasteiger partial charge in [0.05, 0.1) is 5.69 Å². The minimum Gasteiger partial charge on any atom is -0.378 e. The first kappa shape index (κ1) is 11.7. The van der Waals surface area contributed by atoms with Crippen LogP contribution in [0.25, 0.3) is 0 Å². The standard InChI is InChI=1S/C12H16ClFN2/c13-8-5-6-9(14)12(7-8)16-11-4-2-1-3-10(11)15/h5-7,10-11,16H,1-4,15H2/t10-,11-/m0/s1. The Morgan fingerprint density at radius 1 is 1.31 bits per heavy atom. The number of nitrogens with one attached hydrogen (secondary N) is 1. The molecule has 1 fully saturated rings. The van der Waals surface area contributed by atoms with E-state index in [1.165, 1.54) is 6.07 Å². The summed E-state index contributed by atoms with van der Waals surface area (Å²) in [5, 5.41) is 3.69. The molecule has 1 aromatic rings. The molecule has 0 amide bonds. The average molecular weight is 243 g/mol. The Balaban J connectivity index is 2.10. The fourth-order valence-electron chi connectivity index (χ4n) is 2.15. The van der Waals surface area contributed by atoms with Crippen LogP contribution >= 0.6 is 11.6 Å². The first-order valence-corrected chi connectivity index (χ1v) is 6.02. The van der Waals surface area contributed by atoms with Gasteiger partial charge in [-0.3, -0.25) is 0 Å². The zero-order chi connectivity index (χ0) is 11.5. The third kappa shape index (κ3) is 2.66. The Morgan fingerprint density at radius 3 is 2.81 bits per heavy atom.